The summed E-state index contributed by atoms with van der Waals surface area (Å²) >= 11 is 0. The molecule has 0 aliphatic carbocycles. The maximum absolute atomic E-state index is 10.8. The Morgan fingerprint density at radius 2 is 2.55 bits per heavy atom. The van der Waals surface area contributed by atoms with Crippen molar-refractivity contribution in [3.8, 4) is 0 Å². The van der Waals surface area contributed by atoms with Gasteiger partial charge in [0.2, 0.25) is 0 Å². The number of hydrogen-bond acceptors (Lipinski definition) is 3. The van der Waals surface area contributed by atoms with Crippen LogP contribution in [0.15, 0.2) is 18.3 Å². The van der Waals surface area contributed by atoms with Gasteiger partial charge in [0.1, 0.15) is 5.56 Å². The Morgan fingerprint density at radius 1 is 1.82 bits per heavy atom. The predicted octanol–water partition coefficient (Wildman–Crippen LogP) is -0.0932. The Balaban J connectivity index is 2.96. The zero-order valence-electron chi connectivity index (χ0n) is 5.90. The van der Waals surface area contributed by atoms with Gasteiger partial charge in [0.25, 0.3) is 6.20 Å². The van der Waals surface area contributed by atoms with Crippen molar-refractivity contribution < 1.29 is 14.3 Å². The highest BCUT2D eigenvalue weighted by molar-refractivity contribution is 5.88. The Kier molecular flexibility index (Phi) is 2.06. The molecule has 57 valence electrons. The fraction of sp³-hybridized carbons (Fsp3) is 0.143. The van der Waals surface area contributed by atoms with Crippen molar-refractivity contribution in [2.45, 2.75) is 0 Å². The van der Waals surface area contributed by atoms with E-state index in [1.54, 1.807) is 0 Å². The Hall–Kier alpha value is -1.58. The molecular formula is C7H6NO3. The second kappa shape index (κ2) is 3.01. The maximum atomic E-state index is 10.8. The van der Waals surface area contributed by atoms with Crippen LogP contribution in [0, 0.1) is 11.4 Å². The van der Waals surface area contributed by atoms with E-state index in [9.17, 15) is 10.0 Å². The van der Waals surface area contributed by atoms with Gasteiger partial charge in [-0.25, -0.2) is 4.79 Å². The zero-order valence-corrected chi connectivity index (χ0v) is 5.90. The van der Waals surface area contributed by atoms with E-state index >= 15 is 0 Å². The molecule has 4 heteroatoms. The molecule has 0 saturated carbocycles. The number of carbonyl (C=O) groups excluding carboxylic acids is 1. The van der Waals surface area contributed by atoms with E-state index in [2.05, 4.69) is 10.9 Å². The van der Waals surface area contributed by atoms with E-state index in [4.69, 9.17) is 0 Å². The van der Waals surface area contributed by atoms with Crippen molar-refractivity contribution in [2.75, 3.05) is 7.11 Å². The fourth-order valence-corrected chi connectivity index (χ4v) is 0.646. The summed E-state index contributed by atoms with van der Waals surface area (Å²) in [5.41, 5.74) is 0.223. The molecule has 1 aromatic heterocycles. The molecule has 0 saturated heterocycles. The van der Waals surface area contributed by atoms with Crippen LogP contribution in [0.5, 0.6) is 0 Å². The normalized spacial score (nSPS) is 9.18. The Morgan fingerprint density at radius 3 is 3.09 bits per heavy atom. The topological polar surface area (TPSA) is 53.2 Å². The lowest BCUT2D eigenvalue weighted by Gasteiger charge is -1.96. The van der Waals surface area contributed by atoms with Crippen LogP contribution in [0.1, 0.15) is 10.4 Å². The lowest BCUT2D eigenvalue weighted by Crippen LogP contribution is -2.26. The molecule has 0 aromatic carbocycles. The van der Waals surface area contributed by atoms with Crippen LogP contribution in [-0.4, -0.2) is 13.1 Å². The summed E-state index contributed by atoms with van der Waals surface area (Å²) in [7, 11) is 1.26. The van der Waals surface area contributed by atoms with Gasteiger partial charge in [-0.05, 0) is 6.07 Å². The highest BCUT2D eigenvalue weighted by Crippen LogP contribution is 1.95. The molecular weight excluding hydrogens is 146 g/mol. The summed E-state index contributed by atoms with van der Waals surface area (Å²) in [6, 6.07) is 2.82. The van der Waals surface area contributed by atoms with Crippen LogP contribution in [-0.2, 0) is 4.74 Å². The molecule has 1 aromatic rings. The first-order chi connectivity index (χ1) is 5.24. The minimum absolute atomic E-state index is 0.223. The number of rotatable bonds is 1. The average Bonchev–Trinajstić information content (AvgIpc) is 2.03. The van der Waals surface area contributed by atoms with Gasteiger partial charge in [-0.3, -0.25) is 0 Å². The molecule has 0 N–H and O–H groups in total. The molecule has 0 atom stereocenters. The van der Waals surface area contributed by atoms with Gasteiger partial charge in [-0.15, -0.1) is 0 Å². The highest BCUT2D eigenvalue weighted by Gasteiger charge is 2.07. The van der Waals surface area contributed by atoms with E-state index in [0.717, 1.165) is 6.20 Å². The molecule has 0 spiro atoms. The van der Waals surface area contributed by atoms with Crippen molar-refractivity contribution in [3.05, 3.63) is 35.3 Å². The monoisotopic (exact) mass is 152 g/mol. The molecule has 0 bridgehead atoms. The van der Waals surface area contributed by atoms with Gasteiger partial charge in [-0.2, -0.15) is 4.73 Å². The van der Waals surface area contributed by atoms with E-state index in [1.165, 1.54) is 19.2 Å². The van der Waals surface area contributed by atoms with E-state index in [-0.39, 0.29) is 5.56 Å². The zero-order chi connectivity index (χ0) is 8.27. The SMILES string of the molecule is COC(=O)c1cc[c][n+]([O-])c1. The molecule has 0 aliphatic heterocycles. The van der Waals surface area contributed by atoms with E-state index in [0.29, 0.717) is 4.73 Å². The summed E-state index contributed by atoms with van der Waals surface area (Å²) in [6.07, 6.45) is 3.41. The van der Waals surface area contributed by atoms with Gasteiger partial charge in [0.05, 0.1) is 7.11 Å². The third kappa shape index (κ3) is 1.67. The number of methoxy groups -OCH3 is 1. The molecule has 1 rings (SSSR count). The van der Waals surface area contributed by atoms with Gasteiger partial charge in [0, 0.05) is 6.07 Å². The number of esters is 1. The van der Waals surface area contributed by atoms with Crippen LogP contribution >= 0.6 is 0 Å². The Bertz CT molecular complexity index is 272. The van der Waals surface area contributed by atoms with Crippen molar-refractivity contribution in [1.29, 1.82) is 0 Å². The number of carbonyl (C=O) groups is 1. The van der Waals surface area contributed by atoms with E-state index < -0.39 is 5.97 Å². The second-order valence-electron chi connectivity index (χ2n) is 1.86. The Labute approximate surface area is 63.6 Å². The third-order valence-electron chi connectivity index (χ3n) is 1.14. The number of aromatic nitrogens is 1. The highest BCUT2D eigenvalue weighted by atomic mass is 16.5. The fourth-order valence-electron chi connectivity index (χ4n) is 0.646. The van der Waals surface area contributed by atoms with Gasteiger partial charge < -0.3 is 9.94 Å². The minimum atomic E-state index is -0.524. The largest absolute Gasteiger partial charge is 0.618 e. The van der Waals surface area contributed by atoms with Gasteiger partial charge >= 0.3 is 5.97 Å². The van der Waals surface area contributed by atoms with Crippen LogP contribution in [0.25, 0.3) is 0 Å². The van der Waals surface area contributed by atoms with Crippen molar-refractivity contribution in [3.63, 3.8) is 0 Å². The van der Waals surface area contributed by atoms with Crippen LogP contribution in [0.4, 0.5) is 0 Å². The van der Waals surface area contributed by atoms with Crippen LogP contribution in [0.3, 0.4) is 0 Å². The number of hydrogen-bond donors (Lipinski definition) is 0. The summed E-state index contributed by atoms with van der Waals surface area (Å²) in [5, 5.41) is 10.6. The first-order valence-electron chi connectivity index (χ1n) is 2.93. The molecule has 1 heterocycles. The second-order valence-corrected chi connectivity index (χ2v) is 1.86. The minimum Gasteiger partial charge on any atom is -0.618 e. The quantitative estimate of drug-likeness (QED) is 0.321. The van der Waals surface area contributed by atoms with Crippen molar-refractivity contribution in [2.24, 2.45) is 0 Å². The van der Waals surface area contributed by atoms with Crippen LogP contribution < -0.4 is 4.73 Å². The summed E-state index contributed by atoms with van der Waals surface area (Å²) in [4.78, 5) is 10.8. The molecule has 0 aliphatic rings. The summed E-state index contributed by atoms with van der Waals surface area (Å²) in [5.74, 6) is -0.524. The molecule has 4 nitrogen and oxygen atoms in total. The van der Waals surface area contributed by atoms with E-state index in [1.807, 2.05) is 0 Å². The number of ether oxygens (including phenoxy) is 1. The molecule has 0 amide bonds. The third-order valence-corrected chi connectivity index (χ3v) is 1.14. The molecule has 0 fully saturated rings. The predicted molar refractivity (Wildman–Crippen MR) is 35.6 cm³/mol. The first-order valence-corrected chi connectivity index (χ1v) is 2.93. The van der Waals surface area contributed by atoms with Crippen molar-refractivity contribution in [1.82, 2.24) is 0 Å². The number of nitrogens with zero attached hydrogens (tertiary/aromatic N) is 1. The van der Waals surface area contributed by atoms with Crippen LogP contribution in [0.2, 0.25) is 0 Å². The number of pyridine rings is 1. The first kappa shape index (κ1) is 7.53. The molecule has 11 heavy (non-hydrogen) atoms. The lowest BCUT2D eigenvalue weighted by atomic mass is 10.3. The van der Waals surface area contributed by atoms with Crippen molar-refractivity contribution >= 4 is 5.97 Å². The summed E-state index contributed by atoms with van der Waals surface area (Å²) in [6.45, 7) is 0. The smallest absolute Gasteiger partial charge is 0.344 e. The van der Waals surface area contributed by atoms with Gasteiger partial charge in [-0.1, -0.05) is 0 Å². The van der Waals surface area contributed by atoms with Gasteiger partial charge in [0.15, 0.2) is 6.20 Å². The summed E-state index contributed by atoms with van der Waals surface area (Å²) < 4.78 is 4.81. The average molecular weight is 152 g/mol. The standard InChI is InChI=1S/C7H6NO3/c1-11-7(9)6-3-2-4-8(10)5-6/h2-3,5H,1H3. The lowest BCUT2D eigenvalue weighted by molar-refractivity contribution is -0.610. The molecule has 0 unspecified atom stereocenters. The molecule has 1 radical (unpaired) electrons. The maximum Gasteiger partial charge on any atom is 0.344 e.